The maximum atomic E-state index is 13.4. The van der Waals surface area contributed by atoms with E-state index in [1.165, 1.54) is 6.07 Å². The number of benzene rings is 2. The highest BCUT2D eigenvalue weighted by atomic mass is 19.1. The minimum absolute atomic E-state index is 0.0910. The van der Waals surface area contributed by atoms with Crippen molar-refractivity contribution in [2.75, 3.05) is 0 Å². The van der Waals surface area contributed by atoms with Gasteiger partial charge in [-0.3, -0.25) is 0 Å². The van der Waals surface area contributed by atoms with E-state index in [9.17, 15) is 4.39 Å². The molecule has 0 fully saturated rings. The van der Waals surface area contributed by atoms with Crippen molar-refractivity contribution in [1.82, 2.24) is 4.98 Å². The third-order valence-electron chi connectivity index (χ3n) is 2.80. The van der Waals surface area contributed by atoms with Gasteiger partial charge in [0.25, 0.3) is 0 Å². The fraction of sp³-hybridized carbons (Fsp3) is 0.0625. The second-order valence-electron chi connectivity index (χ2n) is 4.20. The summed E-state index contributed by atoms with van der Waals surface area (Å²) in [5.74, 6) is 0.860. The predicted octanol–water partition coefficient (Wildman–Crippen LogP) is 4.06. The van der Waals surface area contributed by atoms with Crippen molar-refractivity contribution in [1.29, 1.82) is 0 Å². The number of nitrogens with zero attached hydrogens (tertiary/aromatic N) is 1. The van der Waals surface area contributed by atoms with E-state index in [4.69, 9.17) is 9.15 Å². The molecule has 0 aliphatic rings. The highest BCUT2D eigenvalue weighted by molar-refractivity contribution is 5.55. The Balaban J connectivity index is 1.71. The first kappa shape index (κ1) is 12.4. The van der Waals surface area contributed by atoms with Crippen LogP contribution in [0.5, 0.6) is 5.75 Å². The van der Waals surface area contributed by atoms with Crippen molar-refractivity contribution < 1.29 is 13.5 Å². The minimum Gasteiger partial charge on any atom is -0.481 e. The average molecular weight is 269 g/mol. The molecule has 3 aromatic rings. The van der Waals surface area contributed by atoms with Gasteiger partial charge in [-0.15, -0.1) is 0 Å². The molecule has 1 heterocycles. The number of rotatable bonds is 4. The molecule has 0 aliphatic heterocycles. The SMILES string of the molecule is Fc1ccccc1OCc1ncc(-c2ccccc2)o1. The third-order valence-corrected chi connectivity index (χ3v) is 2.80. The second kappa shape index (κ2) is 5.57. The van der Waals surface area contributed by atoms with E-state index < -0.39 is 5.82 Å². The van der Waals surface area contributed by atoms with E-state index >= 15 is 0 Å². The molecule has 20 heavy (non-hydrogen) atoms. The smallest absolute Gasteiger partial charge is 0.232 e. The number of hydrogen-bond donors (Lipinski definition) is 0. The standard InChI is InChI=1S/C16H12FNO2/c17-13-8-4-5-9-14(13)19-11-16-18-10-15(20-16)12-6-2-1-3-7-12/h1-10H,11H2. The summed E-state index contributed by atoms with van der Waals surface area (Å²) in [6.07, 6.45) is 1.63. The van der Waals surface area contributed by atoms with E-state index in [0.29, 0.717) is 11.7 Å². The first-order chi connectivity index (χ1) is 9.83. The molecule has 0 N–H and O–H groups in total. The molecule has 100 valence electrons. The number of oxazole rings is 1. The highest BCUT2D eigenvalue weighted by Crippen LogP contribution is 2.21. The summed E-state index contributed by atoms with van der Waals surface area (Å²) in [6.45, 7) is 0.0910. The van der Waals surface area contributed by atoms with Crippen LogP contribution in [0, 0.1) is 5.82 Å². The normalized spacial score (nSPS) is 10.4. The molecule has 1 aromatic heterocycles. The zero-order valence-electron chi connectivity index (χ0n) is 10.6. The Morgan fingerprint density at radius 1 is 1.00 bits per heavy atom. The maximum absolute atomic E-state index is 13.4. The van der Waals surface area contributed by atoms with Gasteiger partial charge in [0, 0.05) is 5.56 Å². The van der Waals surface area contributed by atoms with E-state index in [-0.39, 0.29) is 12.4 Å². The van der Waals surface area contributed by atoms with Crippen LogP contribution >= 0.6 is 0 Å². The Hall–Kier alpha value is -2.62. The van der Waals surface area contributed by atoms with Gasteiger partial charge < -0.3 is 9.15 Å². The molecular formula is C16H12FNO2. The molecule has 0 unspecified atom stereocenters. The fourth-order valence-corrected chi connectivity index (χ4v) is 1.81. The van der Waals surface area contributed by atoms with Crippen LogP contribution in [-0.4, -0.2) is 4.98 Å². The zero-order valence-corrected chi connectivity index (χ0v) is 10.6. The number of ether oxygens (including phenoxy) is 1. The lowest BCUT2D eigenvalue weighted by Gasteiger charge is -2.03. The molecule has 0 amide bonds. The molecule has 3 rings (SSSR count). The second-order valence-corrected chi connectivity index (χ2v) is 4.20. The van der Waals surface area contributed by atoms with Crippen molar-refractivity contribution >= 4 is 0 Å². The summed E-state index contributed by atoms with van der Waals surface area (Å²) < 4.78 is 24.3. The van der Waals surface area contributed by atoms with E-state index in [1.807, 2.05) is 30.3 Å². The van der Waals surface area contributed by atoms with Crippen LogP contribution in [0.25, 0.3) is 11.3 Å². The van der Waals surface area contributed by atoms with Gasteiger partial charge in [-0.2, -0.15) is 0 Å². The minimum atomic E-state index is -0.401. The average Bonchev–Trinajstić information content (AvgIpc) is 2.96. The van der Waals surface area contributed by atoms with Gasteiger partial charge in [0.2, 0.25) is 5.89 Å². The van der Waals surface area contributed by atoms with Crippen molar-refractivity contribution in [3.63, 3.8) is 0 Å². The highest BCUT2D eigenvalue weighted by Gasteiger charge is 2.08. The van der Waals surface area contributed by atoms with Crippen LogP contribution < -0.4 is 4.74 Å². The van der Waals surface area contributed by atoms with Crippen LogP contribution in [0.1, 0.15) is 5.89 Å². The molecular weight excluding hydrogens is 257 g/mol. The largest absolute Gasteiger partial charge is 0.481 e. The van der Waals surface area contributed by atoms with Gasteiger partial charge in [0.15, 0.2) is 23.9 Å². The summed E-state index contributed by atoms with van der Waals surface area (Å²) in [7, 11) is 0. The van der Waals surface area contributed by atoms with Crippen LogP contribution in [0.3, 0.4) is 0 Å². The lowest BCUT2D eigenvalue weighted by molar-refractivity contribution is 0.253. The molecule has 0 spiro atoms. The fourth-order valence-electron chi connectivity index (χ4n) is 1.81. The molecule has 0 atom stereocenters. The van der Waals surface area contributed by atoms with Crippen LogP contribution in [0.4, 0.5) is 4.39 Å². The lowest BCUT2D eigenvalue weighted by atomic mass is 10.2. The monoisotopic (exact) mass is 269 g/mol. The summed E-state index contributed by atoms with van der Waals surface area (Å²) in [4.78, 5) is 4.12. The number of para-hydroxylation sites is 1. The Labute approximate surface area is 115 Å². The molecule has 2 aromatic carbocycles. The molecule has 3 nitrogen and oxygen atoms in total. The molecule has 0 radical (unpaired) electrons. The van der Waals surface area contributed by atoms with E-state index in [1.54, 1.807) is 24.4 Å². The number of aromatic nitrogens is 1. The summed E-state index contributed by atoms with van der Waals surface area (Å²) >= 11 is 0. The molecule has 0 saturated heterocycles. The first-order valence-corrected chi connectivity index (χ1v) is 6.20. The van der Waals surface area contributed by atoms with Gasteiger partial charge in [-0.1, -0.05) is 42.5 Å². The number of halogens is 1. The Morgan fingerprint density at radius 3 is 2.55 bits per heavy atom. The van der Waals surface area contributed by atoms with E-state index in [2.05, 4.69) is 4.98 Å². The molecule has 0 saturated carbocycles. The first-order valence-electron chi connectivity index (χ1n) is 6.20. The summed E-state index contributed by atoms with van der Waals surface area (Å²) in [6, 6.07) is 15.9. The Kier molecular flexibility index (Phi) is 3.46. The van der Waals surface area contributed by atoms with Crippen LogP contribution in [-0.2, 0) is 6.61 Å². The van der Waals surface area contributed by atoms with Crippen molar-refractivity contribution in [3.05, 3.63) is 72.5 Å². The van der Waals surface area contributed by atoms with Gasteiger partial charge in [-0.25, -0.2) is 9.37 Å². The molecule has 4 heteroatoms. The number of hydrogen-bond acceptors (Lipinski definition) is 3. The summed E-state index contributed by atoms with van der Waals surface area (Å²) in [5, 5.41) is 0. The van der Waals surface area contributed by atoms with Crippen LogP contribution in [0.15, 0.2) is 65.2 Å². The third kappa shape index (κ3) is 2.69. The van der Waals surface area contributed by atoms with Crippen molar-refractivity contribution in [2.45, 2.75) is 6.61 Å². The quantitative estimate of drug-likeness (QED) is 0.716. The van der Waals surface area contributed by atoms with Gasteiger partial charge >= 0.3 is 0 Å². The van der Waals surface area contributed by atoms with Crippen molar-refractivity contribution in [2.24, 2.45) is 0 Å². The Bertz CT molecular complexity index is 694. The van der Waals surface area contributed by atoms with Crippen LogP contribution in [0.2, 0.25) is 0 Å². The van der Waals surface area contributed by atoms with Crippen molar-refractivity contribution in [3.8, 4) is 17.1 Å². The van der Waals surface area contributed by atoms with E-state index in [0.717, 1.165) is 5.56 Å². The Morgan fingerprint density at radius 2 is 1.75 bits per heavy atom. The predicted molar refractivity (Wildman–Crippen MR) is 72.7 cm³/mol. The van der Waals surface area contributed by atoms with Gasteiger partial charge in [-0.05, 0) is 12.1 Å². The topological polar surface area (TPSA) is 35.3 Å². The summed E-state index contributed by atoms with van der Waals surface area (Å²) in [5.41, 5.74) is 0.942. The molecule has 0 bridgehead atoms. The lowest BCUT2D eigenvalue weighted by Crippen LogP contribution is -1.97. The molecule has 0 aliphatic carbocycles. The zero-order chi connectivity index (χ0) is 13.8. The van der Waals surface area contributed by atoms with Gasteiger partial charge in [0.1, 0.15) is 0 Å². The maximum Gasteiger partial charge on any atom is 0.232 e. The van der Waals surface area contributed by atoms with Gasteiger partial charge in [0.05, 0.1) is 6.20 Å².